The normalized spacial score (nSPS) is 21.9. The van der Waals surface area contributed by atoms with Crippen molar-refractivity contribution in [3.8, 4) is 0 Å². The minimum absolute atomic E-state index is 0.127. The third-order valence-corrected chi connectivity index (χ3v) is 4.20. The van der Waals surface area contributed by atoms with E-state index in [4.69, 9.17) is 4.74 Å². The summed E-state index contributed by atoms with van der Waals surface area (Å²) < 4.78 is 5.39. The van der Waals surface area contributed by atoms with Crippen LogP contribution in [0.15, 0.2) is 0 Å². The molecule has 1 saturated heterocycles. The third-order valence-electron chi connectivity index (χ3n) is 4.20. The summed E-state index contributed by atoms with van der Waals surface area (Å²) in [7, 11) is 0. The maximum Gasteiger partial charge on any atom is 0.233 e. The lowest BCUT2D eigenvalue weighted by Crippen LogP contribution is -2.43. The zero-order valence-corrected chi connectivity index (χ0v) is 11.6. The van der Waals surface area contributed by atoms with Crippen molar-refractivity contribution in [2.75, 3.05) is 26.3 Å². The van der Waals surface area contributed by atoms with Crippen molar-refractivity contribution in [3.63, 3.8) is 0 Å². The van der Waals surface area contributed by atoms with E-state index >= 15 is 0 Å². The molecule has 104 valence electrons. The Morgan fingerprint density at radius 1 is 1.22 bits per heavy atom. The lowest BCUT2D eigenvalue weighted by atomic mass is 9.74. The van der Waals surface area contributed by atoms with Crippen LogP contribution in [0.2, 0.25) is 0 Å². The quantitative estimate of drug-likeness (QED) is 0.751. The summed E-state index contributed by atoms with van der Waals surface area (Å²) in [6.45, 7) is 7.46. The summed E-state index contributed by atoms with van der Waals surface area (Å²) in [5.74, 6) is 0.782. The van der Waals surface area contributed by atoms with Gasteiger partial charge in [-0.15, -0.1) is 0 Å². The van der Waals surface area contributed by atoms with Gasteiger partial charge in [0.25, 0.3) is 0 Å². The van der Waals surface area contributed by atoms with Crippen LogP contribution in [0.5, 0.6) is 0 Å². The molecule has 1 saturated carbocycles. The molecule has 0 atom stereocenters. The molecule has 1 heterocycles. The van der Waals surface area contributed by atoms with Gasteiger partial charge < -0.3 is 15.4 Å². The number of nitrogens with one attached hydrogen (secondary N) is 2. The van der Waals surface area contributed by atoms with Gasteiger partial charge in [-0.05, 0) is 37.0 Å². The van der Waals surface area contributed by atoms with Gasteiger partial charge >= 0.3 is 0 Å². The van der Waals surface area contributed by atoms with E-state index in [1.165, 1.54) is 12.8 Å². The molecule has 0 aromatic carbocycles. The third kappa shape index (κ3) is 4.25. The standard InChI is InChI=1S/C14H26N2O2/c1-14(2,11-5-7-18-8-6-11)10-16-13(17)9-15-12-3-4-12/h11-12,15H,3-10H2,1-2H3,(H,16,17). The zero-order chi connectivity index (χ0) is 13.0. The highest BCUT2D eigenvalue weighted by molar-refractivity contribution is 5.78. The van der Waals surface area contributed by atoms with Gasteiger partial charge in [0.2, 0.25) is 5.91 Å². The van der Waals surface area contributed by atoms with Crippen molar-refractivity contribution in [1.82, 2.24) is 10.6 Å². The van der Waals surface area contributed by atoms with Crippen molar-refractivity contribution in [3.05, 3.63) is 0 Å². The first-order valence-corrected chi connectivity index (χ1v) is 7.16. The molecule has 1 amide bonds. The van der Waals surface area contributed by atoms with Crippen molar-refractivity contribution < 1.29 is 9.53 Å². The average molecular weight is 254 g/mol. The number of carbonyl (C=O) groups is 1. The van der Waals surface area contributed by atoms with E-state index in [-0.39, 0.29) is 11.3 Å². The molecule has 0 bridgehead atoms. The topological polar surface area (TPSA) is 50.4 Å². The van der Waals surface area contributed by atoms with E-state index in [1.807, 2.05) is 0 Å². The second kappa shape index (κ2) is 6.02. The second-order valence-corrected chi connectivity index (χ2v) is 6.31. The Labute approximate surface area is 110 Å². The van der Waals surface area contributed by atoms with Gasteiger partial charge in [-0.25, -0.2) is 0 Å². The van der Waals surface area contributed by atoms with Crippen LogP contribution in [-0.4, -0.2) is 38.3 Å². The molecule has 1 aliphatic carbocycles. The van der Waals surface area contributed by atoms with E-state index in [2.05, 4.69) is 24.5 Å². The van der Waals surface area contributed by atoms with E-state index in [0.717, 1.165) is 32.6 Å². The van der Waals surface area contributed by atoms with Crippen LogP contribution >= 0.6 is 0 Å². The van der Waals surface area contributed by atoms with Crippen molar-refractivity contribution in [2.24, 2.45) is 11.3 Å². The number of rotatable bonds is 6. The van der Waals surface area contributed by atoms with Crippen LogP contribution in [0.3, 0.4) is 0 Å². The molecule has 0 aromatic rings. The highest BCUT2D eigenvalue weighted by Gasteiger charge is 2.31. The molecule has 2 fully saturated rings. The lowest BCUT2D eigenvalue weighted by Gasteiger charge is -2.37. The van der Waals surface area contributed by atoms with Crippen LogP contribution in [0, 0.1) is 11.3 Å². The van der Waals surface area contributed by atoms with Crippen LogP contribution in [0.25, 0.3) is 0 Å². The lowest BCUT2D eigenvalue weighted by molar-refractivity contribution is -0.121. The zero-order valence-electron chi connectivity index (χ0n) is 11.6. The first-order valence-electron chi connectivity index (χ1n) is 7.16. The Morgan fingerprint density at radius 2 is 1.89 bits per heavy atom. The highest BCUT2D eigenvalue weighted by atomic mass is 16.5. The Hall–Kier alpha value is -0.610. The van der Waals surface area contributed by atoms with Gasteiger partial charge in [0.1, 0.15) is 0 Å². The van der Waals surface area contributed by atoms with Gasteiger partial charge in [-0.3, -0.25) is 4.79 Å². The van der Waals surface area contributed by atoms with Crippen LogP contribution in [0.4, 0.5) is 0 Å². The number of amides is 1. The molecule has 2 N–H and O–H groups in total. The number of hydrogen-bond acceptors (Lipinski definition) is 3. The summed E-state index contributed by atoms with van der Waals surface area (Å²) in [5, 5.41) is 6.30. The van der Waals surface area contributed by atoms with E-state index < -0.39 is 0 Å². The van der Waals surface area contributed by atoms with Gasteiger partial charge in [-0.2, -0.15) is 0 Å². The summed E-state index contributed by atoms with van der Waals surface area (Å²) in [6, 6.07) is 0.597. The Bertz CT molecular complexity index is 282. The molecule has 0 unspecified atom stereocenters. The number of ether oxygens (including phenoxy) is 1. The molecule has 4 nitrogen and oxygen atoms in total. The monoisotopic (exact) mass is 254 g/mol. The number of carbonyl (C=O) groups excluding carboxylic acids is 1. The summed E-state index contributed by atoms with van der Waals surface area (Å²) in [5.41, 5.74) is 0.166. The van der Waals surface area contributed by atoms with Gasteiger partial charge in [-0.1, -0.05) is 13.8 Å². The molecular weight excluding hydrogens is 228 g/mol. The highest BCUT2D eigenvalue weighted by Crippen LogP contribution is 2.33. The fourth-order valence-corrected chi connectivity index (χ4v) is 2.54. The fraction of sp³-hybridized carbons (Fsp3) is 0.929. The summed E-state index contributed by atoms with van der Waals surface area (Å²) in [4.78, 5) is 11.7. The molecule has 18 heavy (non-hydrogen) atoms. The van der Waals surface area contributed by atoms with Crippen LogP contribution < -0.4 is 10.6 Å². The van der Waals surface area contributed by atoms with Crippen LogP contribution in [0.1, 0.15) is 39.5 Å². The smallest absolute Gasteiger partial charge is 0.233 e. The van der Waals surface area contributed by atoms with Crippen molar-refractivity contribution in [1.29, 1.82) is 0 Å². The molecule has 0 aromatic heterocycles. The van der Waals surface area contributed by atoms with Gasteiger partial charge in [0.15, 0.2) is 0 Å². The largest absolute Gasteiger partial charge is 0.381 e. The first kappa shape index (κ1) is 13.8. The predicted molar refractivity (Wildman–Crippen MR) is 71.4 cm³/mol. The molecule has 0 spiro atoms. The Kier molecular flexibility index (Phi) is 4.62. The second-order valence-electron chi connectivity index (χ2n) is 6.31. The maximum atomic E-state index is 11.7. The minimum atomic E-state index is 0.127. The maximum absolute atomic E-state index is 11.7. The Morgan fingerprint density at radius 3 is 2.50 bits per heavy atom. The molecule has 2 rings (SSSR count). The van der Waals surface area contributed by atoms with E-state index in [9.17, 15) is 4.79 Å². The van der Waals surface area contributed by atoms with Crippen molar-refractivity contribution in [2.45, 2.75) is 45.6 Å². The summed E-state index contributed by atoms with van der Waals surface area (Å²) >= 11 is 0. The molecule has 4 heteroatoms. The van der Waals surface area contributed by atoms with Crippen LogP contribution in [-0.2, 0) is 9.53 Å². The van der Waals surface area contributed by atoms with E-state index in [0.29, 0.717) is 18.5 Å². The Balaban J connectivity index is 1.67. The number of hydrogen-bond donors (Lipinski definition) is 2. The average Bonchev–Trinajstić information content (AvgIpc) is 3.19. The van der Waals surface area contributed by atoms with Crippen molar-refractivity contribution >= 4 is 5.91 Å². The SMILES string of the molecule is CC(C)(CNC(=O)CNC1CC1)C1CCOCC1. The molecule has 1 aliphatic heterocycles. The molecule has 0 radical (unpaired) electrons. The van der Waals surface area contributed by atoms with Gasteiger partial charge in [0, 0.05) is 25.8 Å². The summed E-state index contributed by atoms with van der Waals surface area (Å²) in [6.07, 6.45) is 4.67. The van der Waals surface area contributed by atoms with Gasteiger partial charge in [0.05, 0.1) is 6.54 Å². The minimum Gasteiger partial charge on any atom is -0.381 e. The molecule has 2 aliphatic rings. The van der Waals surface area contributed by atoms with E-state index in [1.54, 1.807) is 0 Å². The molecular formula is C14H26N2O2. The predicted octanol–water partition coefficient (Wildman–Crippen LogP) is 1.31. The fourth-order valence-electron chi connectivity index (χ4n) is 2.54. The first-order chi connectivity index (χ1) is 8.58.